The summed E-state index contributed by atoms with van der Waals surface area (Å²) in [6.45, 7) is 24.6. The lowest BCUT2D eigenvalue weighted by molar-refractivity contribution is -0.116. The quantitative estimate of drug-likeness (QED) is 0.145. The molecule has 0 saturated carbocycles. The van der Waals surface area contributed by atoms with Crippen LogP contribution in [0.15, 0.2) is 91.0 Å². The van der Waals surface area contributed by atoms with Gasteiger partial charge in [-0.25, -0.2) is 23.6 Å². The molecule has 10 aliphatic heterocycles. The highest BCUT2D eigenvalue weighted by atomic mass is 19.1. The molecule has 7 fully saturated rings. The number of hydrogen-bond acceptors (Lipinski definition) is 14. The molecule has 4 aromatic rings. The number of anilines is 4. The Morgan fingerprint density at radius 2 is 0.906 bits per heavy atom. The number of nitrogens with zero attached hydrogens (tertiary/aromatic N) is 10. The second-order valence-corrected chi connectivity index (χ2v) is 28.2. The first-order valence-electron chi connectivity index (χ1n) is 36.0. The minimum atomic E-state index is -0.193. The van der Waals surface area contributed by atoms with Crippen molar-refractivity contribution in [3.63, 3.8) is 0 Å². The minimum Gasteiger partial charge on any atom is -0.497 e. The van der Waals surface area contributed by atoms with E-state index in [0.29, 0.717) is 64.2 Å². The maximum atomic E-state index is 14.4. The Balaban J connectivity index is 0.000000138. The van der Waals surface area contributed by atoms with Crippen molar-refractivity contribution >= 4 is 53.0 Å². The molecule has 0 radical (unpaired) electrons. The average molecular weight is 1320 g/mol. The zero-order valence-electron chi connectivity index (χ0n) is 57.6. The lowest BCUT2D eigenvalue weighted by Crippen LogP contribution is -2.53. The van der Waals surface area contributed by atoms with E-state index in [1.807, 2.05) is 80.5 Å². The summed E-state index contributed by atoms with van der Waals surface area (Å²) in [7, 11) is 1.67. The third-order valence-corrected chi connectivity index (χ3v) is 23.0. The number of carbonyl (C=O) groups is 5. The summed E-state index contributed by atoms with van der Waals surface area (Å²) in [5.41, 5.74) is 8.34. The second-order valence-electron chi connectivity index (χ2n) is 28.2. The molecular weight excluding hydrogens is 1220 g/mol. The molecule has 0 unspecified atom stereocenters. The van der Waals surface area contributed by atoms with Crippen molar-refractivity contribution in [1.82, 2.24) is 34.3 Å². The molecule has 6 amide bonds. The van der Waals surface area contributed by atoms with E-state index in [-0.39, 0.29) is 52.3 Å². The van der Waals surface area contributed by atoms with Gasteiger partial charge in [-0.3, -0.25) is 9.69 Å². The molecule has 520 valence electrons. The number of halogens is 1. The monoisotopic (exact) mass is 1320 g/mol. The summed E-state index contributed by atoms with van der Waals surface area (Å²) in [4.78, 5) is 83.3. The molecule has 0 aliphatic carbocycles. The number of likely N-dealkylation sites (tertiary alicyclic amines) is 6. The number of morpholine rings is 1. The van der Waals surface area contributed by atoms with Crippen LogP contribution in [-0.4, -0.2) is 234 Å². The summed E-state index contributed by atoms with van der Waals surface area (Å²) < 4.78 is 40.7. The first-order chi connectivity index (χ1) is 46.7. The third-order valence-electron chi connectivity index (χ3n) is 23.0. The number of methoxy groups -OCH3 is 1. The van der Waals surface area contributed by atoms with Gasteiger partial charge in [0.05, 0.1) is 40.1 Å². The van der Waals surface area contributed by atoms with E-state index < -0.39 is 0 Å². The van der Waals surface area contributed by atoms with Crippen molar-refractivity contribution in [1.29, 1.82) is 0 Å². The number of carbonyl (C=O) groups excluding carboxylic acids is 5. The Morgan fingerprint density at radius 3 is 1.34 bits per heavy atom. The topological polar surface area (TPSA) is 164 Å². The highest BCUT2D eigenvalue weighted by Gasteiger charge is 2.50. The van der Waals surface area contributed by atoms with Crippen LogP contribution in [0.25, 0.3) is 0 Å². The van der Waals surface area contributed by atoms with Gasteiger partial charge in [-0.1, -0.05) is 43.3 Å². The SMILES string of the molecule is CCCOC(=O)N1CCC(N2CCC3(CC2)CN(C(C)=O)c2ccccc23)CC1.CCOC(=O)N1CCC(N2CCC3(CC2)CN(C(=O)N2CCOCC2)c2ccccc23)CC1.CCOC(=O)N1CCC(N2CCC3(CC2)CN(c2ccc(OC)cc2)c2ccc(F)cc23)CC1. The Morgan fingerprint density at radius 1 is 0.479 bits per heavy atom. The molecule has 10 aliphatic rings. The predicted octanol–water partition coefficient (Wildman–Crippen LogP) is 11.3. The normalized spacial score (nSPS) is 22.0. The molecule has 10 heterocycles. The number of para-hydroxylation sites is 2. The molecule has 3 spiro atoms. The first-order valence-corrected chi connectivity index (χ1v) is 36.0. The summed E-state index contributed by atoms with van der Waals surface area (Å²) in [6.07, 6.45) is 12.7. The molecule has 96 heavy (non-hydrogen) atoms. The van der Waals surface area contributed by atoms with E-state index in [0.717, 1.165) is 216 Å². The van der Waals surface area contributed by atoms with E-state index in [4.69, 9.17) is 23.7 Å². The van der Waals surface area contributed by atoms with Gasteiger partial charge in [0.1, 0.15) is 11.6 Å². The fraction of sp³-hybridized carbons (Fsp3) is 0.613. The average Bonchev–Trinajstić information content (AvgIpc) is 1.59. The predicted molar refractivity (Wildman–Crippen MR) is 369 cm³/mol. The number of fused-ring (bicyclic) bond motifs is 6. The summed E-state index contributed by atoms with van der Waals surface area (Å²) in [5.74, 6) is 0.807. The molecule has 0 aromatic heterocycles. The molecule has 14 rings (SSSR count). The highest BCUT2D eigenvalue weighted by Crippen LogP contribution is 2.52. The van der Waals surface area contributed by atoms with Crippen LogP contribution in [0.1, 0.15) is 128 Å². The van der Waals surface area contributed by atoms with Crippen LogP contribution in [0.4, 0.5) is 46.3 Å². The summed E-state index contributed by atoms with van der Waals surface area (Å²) >= 11 is 0. The third kappa shape index (κ3) is 14.7. The van der Waals surface area contributed by atoms with Crippen molar-refractivity contribution in [2.75, 3.05) is 166 Å². The van der Waals surface area contributed by atoms with Gasteiger partial charge in [0.25, 0.3) is 0 Å². The smallest absolute Gasteiger partial charge is 0.409 e. The summed E-state index contributed by atoms with van der Waals surface area (Å²) in [5, 5.41) is 0. The van der Waals surface area contributed by atoms with Gasteiger partial charge in [-0.15, -0.1) is 0 Å². The van der Waals surface area contributed by atoms with E-state index in [9.17, 15) is 28.4 Å². The Hall–Kier alpha value is -7.20. The van der Waals surface area contributed by atoms with Gasteiger partial charge in [0.2, 0.25) is 5.91 Å². The van der Waals surface area contributed by atoms with E-state index in [1.54, 1.807) is 26.2 Å². The molecular formula is C75H103FN10O10. The fourth-order valence-corrected chi connectivity index (χ4v) is 17.5. The highest BCUT2D eigenvalue weighted by molar-refractivity contribution is 5.96. The lowest BCUT2D eigenvalue weighted by Gasteiger charge is -2.45. The van der Waals surface area contributed by atoms with Crippen molar-refractivity contribution in [2.45, 2.75) is 146 Å². The van der Waals surface area contributed by atoms with Gasteiger partial charge in [0.15, 0.2) is 0 Å². The number of hydrogen-bond donors (Lipinski definition) is 0. The van der Waals surface area contributed by atoms with Crippen molar-refractivity contribution in [2.24, 2.45) is 0 Å². The molecule has 20 nitrogen and oxygen atoms in total. The number of benzene rings is 4. The Bertz CT molecular complexity index is 3300. The van der Waals surface area contributed by atoms with Gasteiger partial charge in [-0.2, -0.15) is 0 Å². The van der Waals surface area contributed by atoms with Crippen molar-refractivity contribution in [3.8, 4) is 5.75 Å². The van der Waals surface area contributed by atoms with Gasteiger partial charge in [-0.05, 0) is 208 Å². The minimum absolute atomic E-state index is 0.0422. The Kier molecular flexibility index (Phi) is 22.0. The number of urea groups is 1. The Labute approximate surface area is 567 Å². The van der Waals surface area contributed by atoms with Crippen LogP contribution in [0.3, 0.4) is 0 Å². The van der Waals surface area contributed by atoms with Crippen LogP contribution < -0.4 is 19.4 Å². The van der Waals surface area contributed by atoms with Crippen LogP contribution in [-0.2, 0) is 40.0 Å². The van der Waals surface area contributed by atoms with Crippen molar-refractivity contribution in [3.05, 3.63) is 114 Å². The van der Waals surface area contributed by atoms with Crippen LogP contribution in [0.2, 0.25) is 0 Å². The second kappa shape index (κ2) is 30.7. The number of rotatable bonds is 9. The van der Waals surface area contributed by atoms with Crippen LogP contribution in [0.5, 0.6) is 5.75 Å². The maximum absolute atomic E-state index is 14.4. The van der Waals surface area contributed by atoms with E-state index >= 15 is 0 Å². The molecule has 0 bridgehead atoms. The summed E-state index contributed by atoms with van der Waals surface area (Å²) in [6, 6.07) is 32.0. The van der Waals surface area contributed by atoms with Gasteiger partial charge >= 0.3 is 24.3 Å². The largest absolute Gasteiger partial charge is 0.497 e. The number of ether oxygens (including phenoxy) is 5. The molecule has 21 heteroatoms. The lowest BCUT2D eigenvalue weighted by atomic mass is 9.74. The standard InChI is InChI=1S/C27H34FN3O3.C25H36N4O4.C23H33N3O3/c1-3-34-26(32)30-14-10-21(11-15-30)29-16-12-27(13-17-29)19-31(22-5-7-23(33-2)8-6-22)25-9-4-20(28)18-24(25)27;1-2-33-24(31)28-11-7-20(8-12-28)26-13-9-25(10-14-26)19-29(22-6-4-3-5-21(22)25)23(30)27-15-17-32-18-16-27;1-3-16-29-22(28)25-12-8-19(9-13-25)24-14-10-23(11-15-24)17-26(18(2)27)21-7-5-4-6-20(21)23/h4-9,18,21H,3,10-17,19H2,1-2H3;3-6,20H,2,7-19H2,1H3;4-7,19H,3,8-17H2,1-2H3. The van der Waals surface area contributed by atoms with Crippen LogP contribution >= 0.6 is 0 Å². The zero-order chi connectivity index (χ0) is 67.0. The molecule has 0 N–H and O–H groups in total. The van der Waals surface area contributed by atoms with Gasteiger partial charge in [0, 0.05) is 136 Å². The van der Waals surface area contributed by atoms with Crippen molar-refractivity contribution < 1.29 is 52.0 Å². The van der Waals surface area contributed by atoms with Crippen LogP contribution in [0, 0.1) is 5.82 Å². The number of piperidine rings is 6. The molecule has 0 atom stereocenters. The zero-order valence-corrected chi connectivity index (χ0v) is 57.6. The van der Waals surface area contributed by atoms with Gasteiger partial charge < -0.3 is 67.8 Å². The van der Waals surface area contributed by atoms with E-state index in [1.165, 1.54) is 11.1 Å². The van der Waals surface area contributed by atoms with E-state index in [2.05, 4.69) is 68.1 Å². The molecule has 7 saturated heterocycles. The molecule has 4 aromatic carbocycles. The first kappa shape index (κ1) is 68.7. The number of amides is 6. The fourth-order valence-electron chi connectivity index (χ4n) is 17.5. The maximum Gasteiger partial charge on any atom is 0.409 e.